The van der Waals surface area contributed by atoms with Gasteiger partial charge in [-0.25, -0.2) is 0 Å². The first-order valence-corrected chi connectivity index (χ1v) is 6.31. The molecular weight excluding hydrogens is 220 g/mol. The van der Waals surface area contributed by atoms with Crippen LogP contribution in [0.15, 0.2) is 0 Å². The Morgan fingerprint density at radius 2 is 2.12 bits per heavy atom. The summed E-state index contributed by atoms with van der Waals surface area (Å²) in [5.74, 6) is -0.0149. The zero-order chi connectivity index (χ0) is 12.5. The standard InChI is InChI=1S/C12H22N2O3/c1-3-4-12(16)8-14(9-12)10(15)5-17-11(2)6-13-7-11/h13,16H,3-9H2,1-2H3. The molecule has 2 N–H and O–H groups in total. The van der Waals surface area contributed by atoms with Gasteiger partial charge in [-0.15, -0.1) is 0 Å². The minimum atomic E-state index is -0.646. The van der Waals surface area contributed by atoms with Gasteiger partial charge in [-0.1, -0.05) is 13.3 Å². The van der Waals surface area contributed by atoms with E-state index < -0.39 is 5.60 Å². The smallest absolute Gasteiger partial charge is 0.248 e. The minimum absolute atomic E-state index is 0.0149. The van der Waals surface area contributed by atoms with E-state index in [9.17, 15) is 9.90 Å². The van der Waals surface area contributed by atoms with Crippen LogP contribution in [0.25, 0.3) is 0 Å². The molecule has 0 aromatic rings. The lowest BCUT2D eigenvalue weighted by molar-refractivity contribution is -0.168. The molecule has 0 radical (unpaired) electrons. The Kier molecular flexibility index (Phi) is 3.43. The summed E-state index contributed by atoms with van der Waals surface area (Å²) in [6, 6.07) is 0. The van der Waals surface area contributed by atoms with Crippen LogP contribution in [0.4, 0.5) is 0 Å². The first kappa shape index (κ1) is 12.8. The fourth-order valence-corrected chi connectivity index (χ4v) is 2.37. The van der Waals surface area contributed by atoms with Gasteiger partial charge in [0.05, 0.1) is 24.3 Å². The Morgan fingerprint density at radius 1 is 1.47 bits per heavy atom. The number of nitrogens with one attached hydrogen (secondary N) is 1. The third kappa shape index (κ3) is 2.78. The van der Waals surface area contributed by atoms with E-state index in [4.69, 9.17) is 4.74 Å². The van der Waals surface area contributed by atoms with Crippen LogP contribution >= 0.6 is 0 Å². The molecule has 5 heteroatoms. The minimum Gasteiger partial charge on any atom is -0.386 e. The van der Waals surface area contributed by atoms with Crippen molar-refractivity contribution < 1.29 is 14.6 Å². The summed E-state index contributed by atoms with van der Waals surface area (Å²) in [7, 11) is 0. The van der Waals surface area contributed by atoms with Crippen LogP contribution in [0.2, 0.25) is 0 Å². The van der Waals surface area contributed by atoms with Gasteiger partial charge in [-0.2, -0.15) is 0 Å². The molecule has 0 unspecified atom stereocenters. The number of carbonyl (C=O) groups excluding carboxylic acids is 1. The fraction of sp³-hybridized carbons (Fsp3) is 0.917. The van der Waals surface area contributed by atoms with Crippen molar-refractivity contribution in [3.8, 4) is 0 Å². The second kappa shape index (κ2) is 4.55. The average molecular weight is 242 g/mol. The number of carbonyl (C=O) groups is 1. The van der Waals surface area contributed by atoms with E-state index in [-0.39, 0.29) is 18.1 Å². The van der Waals surface area contributed by atoms with Crippen LogP contribution in [0.1, 0.15) is 26.7 Å². The monoisotopic (exact) mass is 242 g/mol. The Hall–Kier alpha value is -0.650. The fourth-order valence-electron chi connectivity index (χ4n) is 2.37. The van der Waals surface area contributed by atoms with Crippen molar-refractivity contribution in [1.29, 1.82) is 0 Å². The lowest BCUT2D eigenvalue weighted by Crippen LogP contribution is -2.65. The molecule has 98 valence electrons. The summed E-state index contributed by atoms with van der Waals surface area (Å²) in [6.45, 7) is 6.69. The van der Waals surface area contributed by atoms with Crippen LogP contribution in [0.3, 0.4) is 0 Å². The van der Waals surface area contributed by atoms with Gasteiger partial charge in [0.15, 0.2) is 0 Å². The van der Waals surface area contributed by atoms with E-state index in [1.807, 2.05) is 13.8 Å². The molecule has 2 fully saturated rings. The number of amides is 1. The normalized spacial score (nSPS) is 25.0. The van der Waals surface area contributed by atoms with Gasteiger partial charge < -0.3 is 20.1 Å². The molecule has 2 heterocycles. The first-order chi connectivity index (χ1) is 7.96. The molecule has 2 saturated heterocycles. The van der Waals surface area contributed by atoms with Crippen molar-refractivity contribution in [1.82, 2.24) is 10.2 Å². The molecule has 0 bridgehead atoms. The SMILES string of the molecule is CCCC1(O)CN(C(=O)COC2(C)CNC2)C1. The third-order valence-electron chi connectivity index (χ3n) is 3.58. The van der Waals surface area contributed by atoms with E-state index in [2.05, 4.69) is 5.32 Å². The van der Waals surface area contributed by atoms with Gasteiger partial charge >= 0.3 is 0 Å². The zero-order valence-electron chi connectivity index (χ0n) is 10.7. The van der Waals surface area contributed by atoms with Gasteiger partial charge in [0.25, 0.3) is 0 Å². The molecule has 2 aliphatic heterocycles. The molecule has 0 aromatic carbocycles. The molecule has 2 rings (SSSR count). The molecule has 5 nitrogen and oxygen atoms in total. The first-order valence-electron chi connectivity index (χ1n) is 6.31. The maximum absolute atomic E-state index is 11.8. The molecule has 0 spiro atoms. The van der Waals surface area contributed by atoms with Crippen molar-refractivity contribution in [3.05, 3.63) is 0 Å². The molecule has 0 aromatic heterocycles. The highest BCUT2D eigenvalue weighted by atomic mass is 16.5. The van der Waals surface area contributed by atoms with E-state index in [0.29, 0.717) is 13.1 Å². The third-order valence-corrected chi connectivity index (χ3v) is 3.58. The number of rotatable bonds is 5. The van der Waals surface area contributed by atoms with Gasteiger partial charge in [0, 0.05) is 13.1 Å². The molecule has 17 heavy (non-hydrogen) atoms. The van der Waals surface area contributed by atoms with Crippen LogP contribution in [-0.2, 0) is 9.53 Å². The average Bonchev–Trinajstić information content (AvgIpc) is 2.20. The largest absolute Gasteiger partial charge is 0.386 e. The molecule has 0 atom stereocenters. The van der Waals surface area contributed by atoms with E-state index in [1.165, 1.54) is 0 Å². The number of likely N-dealkylation sites (tertiary alicyclic amines) is 1. The summed E-state index contributed by atoms with van der Waals surface area (Å²) in [5.41, 5.74) is -0.827. The Bertz CT molecular complexity index is 296. The van der Waals surface area contributed by atoms with Crippen molar-refractivity contribution in [3.63, 3.8) is 0 Å². The molecule has 1 amide bonds. The van der Waals surface area contributed by atoms with Crippen LogP contribution in [0.5, 0.6) is 0 Å². The Labute approximate surface area is 102 Å². The second-order valence-corrected chi connectivity index (χ2v) is 5.57. The number of β-amino-alcohol motifs (C(OH)–C–C–N with tert-alkyl or cyclic N) is 1. The van der Waals surface area contributed by atoms with Gasteiger partial charge in [0.1, 0.15) is 6.61 Å². The van der Waals surface area contributed by atoms with Gasteiger partial charge in [-0.3, -0.25) is 4.79 Å². The summed E-state index contributed by atoms with van der Waals surface area (Å²) < 4.78 is 5.58. The quantitative estimate of drug-likeness (QED) is 0.697. The molecule has 2 aliphatic rings. The number of nitrogens with zero attached hydrogens (tertiary/aromatic N) is 1. The van der Waals surface area contributed by atoms with E-state index >= 15 is 0 Å². The number of aliphatic hydroxyl groups is 1. The van der Waals surface area contributed by atoms with Gasteiger partial charge in [-0.05, 0) is 13.3 Å². The van der Waals surface area contributed by atoms with Crippen molar-refractivity contribution in [2.24, 2.45) is 0 Å². The maximum Gasteiger partial charge on any atom is 0.248 e. The van der Waals surface area contributed by atoms with Crippen LogP contribution in [-0.4, -0.2) is 59.9 Å². The predicted octanol–water partition coefficient (Wildman–Crippen LogP) is -0.262. The van der Waals surface area contributed by atoms with Gasteiger partial charge in [0.2, 0.25) is 5.91 Å². The zero-order valence-corrected chi connectivity index (χ0v) is 10.7. The lowest BCUT2D eigenvalue weighted by atomic mass is 9.89. The van der Waals surface area contributed by atoms with E-state index in [1.54, 1.807) is 4.90 Å². The Morgan fingerprint density at radius 3 is 2.59 bits per heavy atom. The lowest BCUT2D eigenvalue weighted by Gasteiger charge is -2.47. The van der Waals surface area contributed by atoms with Crippen molar-refractivity contribution in [2.75, 3.05) is 32.8 Å². The summed E-state index contributed by atoms with van der Waals surface area (Å²) >= 11 is 0. The molecule has 0 saturated carbocycles. The highest BCUT2D eigenvalue weighted by Gasteiger charge is 2.43. The molecular formula is C12H22N2O3. The second-order valence-electron chi connectivity index (χ2n) is 5.57. The van der Waals surface area contributed by atoms with Crippen LogP contribution < -0.4 is 5.32 Å². The summed E-state index contributed by atoms with van der Waals surface area (Å²) in [4.78, 5) is 13.4. The number of ether oxygens (including phenoxy) is 1. The predicted molar refractivity (Wildman–Crippen MR) is 63.7 cm³/mol. The van der Waals surface area contributed by atoms with E-state index in [0.717, 1.165) is 25.9 Å². The number of hydrogen-bond acceptors (Lipinski definition) is 4. The highest BCUT2D eigenvalue weighted by Crippen LogP contribution is 2.26. The van der Waals surface area contributed by atoms with Crippen molar-refractivity contribution in [2.45, 2.75) is 37.9 Å². The summed E-state index contributed by atoms with van der Waals surface area (Å²) in [6.07, 6.45) is 1.71. The number of hydrogen-bond donors (Lipinski definition) is 2. The summed E-state index contributed by atoms with van der Waals surface area (Å²) in [5, 5.41) is 13.1. The van der Waals surface area contributed by atoms with Crippen LogP contribution in [0, 0.1) is 0 Å². The maximum atomic E-state index is 11.8. The molecule has 0 aliphatic carbocycles. The Balaban J connectivity index is 1.68. The highest BCUT2D eigenvalue weighted by molar-refractivity contribution is 5.78. The topological polar surface area (TPSA) is 61.8 Å². The van der Waals surface area contributed by atoms with Crippen molar-refractivity contribution >= 4 is 5.91 Å².